The molecule has 0 amide bonds. The Bertz CT molecular complexity index is 1480. The van der Waals surface area contributed by atoms with Gasteiger partial charge in [-0.2, -0.15) is 9.97 Å². The van der Waals surface area contributed by atoms with Crippen molar-refractivity contribution in [2.75, 3.05) is 17.2 Å². The molecular weight excluding hydrogens is 445 g/mol. The number of unbranched alkanes of at least 4 members (excludes halogenated alkanes) is 1. The van der Waals surface area contributed by atoms with Crippen LogP contribution < -0.4 is 10.6 Å². The van der Waals surface area contributed by atoms with Crippen LogP contribution in [0.4, 0.5) is 24.9 Å². The third-order valence-corrected chi connectivity index (χ3v) is 5.31. The second-order valence-electron chi connectivity index (χ2n) is 7.74. The van der Waals surface area contributed by atoms with E-state index in [4.69, 9.17) is 0 Å². The molecule has 0 saturated carbocycles. The SMILES string of the molecule is CCCCNc1nc(NCc2nc3c(F)c(F)ccc3[nH]2)c2ncn(-c3cccc(F)c3)c2n1. The Kier molecular flexibility index (Phi) is 5.74. The van der Waals surface area contributed by atoms with E-state index in [-0.39, 0.29) is 17.9 Å². The molecule has 0 spiro atoms. The van der Waals surface area contributed by atoms with Crippen LogP contribution in [0, 0.1) is 17.5 Å². The average molecular weight is 466 g/mol. The minimum Gasteiger partial charge on any atom is -0.361 e. The maximum Gasteiger partial charge on any atom is 0.226 e. The summed E-state index contributed by atoms with van der Waals surface area (Å²) in [4.78, 5) is 20.7. The molecule has 174 valence electrons. The van der Waals surface area contributed by atoms with Crippen LogP contribution in [0.25, 0.3) is 27.9 Å². The van der Waals surface area contributed by atoms with Crippen molar-refractivity contribution in [3.8, 4) is 5.69 Å². The number of nitrogens with zero attached hydrogens (tertiary/aromatic N) is 5. The highest BCUT2D eigenvalue weighted by atomic mass is 19.2. The molecule has 5 rings (SSSR count). The summed E-state index contributed by atoms with van der Waals surface area (Å²) in [5.74, 6) is -1.12. The molecule has 34 heavy (non-hydrogen) atoms. The number of rotatable bonds is 8. The first-order chi connectivity index (χ1) is 16.5. The van der Waals surface area contributed by atoms with Crippen molar-refractivity contribution in [2.24, 2.45) is 0 Å². The molecule has 0 aliphatic carbocycles. The fraction of sp³-hybridized carbons (Fsp3) is 0.217. The van der Waals surface area contributed by atoms with E-state index in [1.165, 1.54) is 18.2 Å². The van der Waals surface area contributed by atoms with Crippen LogP contribution in [0.5, 0.6) is 0 Å². The van der Waals surface area contributed by atoms with Gasteiger partial charge in [-0.05, 0) is 36.8 Å². The first-order valence-electron chi connectivity index (χ1n) is 10.8. The molecule has 0 fully saturated rings. The molecule has 0 unspecified atom stereocenters. The molecule has 0 bridgehead atoms. The molecule has 8 nitrogen and oxygen atoms in total. The van der Waals surface area contributed by atoms with E-state index in [2.05, 4.69) is 42.5 Å². The predicted molar refractivity (Wildman–Crippen MR) is 123 cm³/mol. The highest BCUT2D eigenvalue weighted by molar-refractivity contribution is 5.85. The number of halogens is 3. The number of fused-ring (bicyclic) bond motifs is 2. The van der Waals surface area contributed by atoms with E-state index < -0.39 is 11.6 Å². The van der Waals surface area contributed by atoms with Gasteiger partial charge in [0.25, 0.3) is 0 Å². The predicted octanol–water partition coefficient (Wildman–Crippen LogP) is 4.93. The lowest BCUT2D eigenvalue weighted by atomic mass is 10.3. The normalized spacial score (nSPS) is 11.4. The maximum absolute atomic E-state index is 14.0. The number of imidazole rings is 2. The number of H-pyrrole nitrogens is 1. The van der Waals surface area contributed by atoms with E-state index >= 15 is 0 Å². The number of aromatic nitrogens is 6. The summed E-state index contributed by atoms with van der Waals surface area (Å²) in [5, 5.41) is 6.35. The summed E-state index contributed by atoms with van der Waals surface area (Å²) >= 11 is 0. The van der Waals surface area contributed by atoms with Crippen LogP contribution in [0.15, 0.2) is 42.7 Å². The summed E-state index contributed by atoms with van der Waals surface area (Å²) in [6, 6.07) is 8.61. The summed E-state index contributed by atoms with van der Waals surface area (Å²) < 4.78 is 43.0. The second kappa shape index (κ2) is 9.00. The molecule has 11 heteroatoms. The average Bonchev–Trinajstić information content (AvgIpc) is 3.45. The minimum atomic E-state index is -0.999. The zero-order valence-corrected chi connectivity index (χ0v) is 18.2. The maximum atomic E-state index is 14.0. The lowest BCUT2D eigenvalue weighted by molar-refractivity contribution is 0.515. The molecule has 3 aromatic heterocycles. The molecule has 0 aliphatic heterocycles. The number of aromatic amines is 1. The summed E-state index contributed by atoms with van der Waals surface area (Å²) in [5.41, 5.74) is 1.85. The number of benzene rings is 2. The van der Waals surface area contributed by atoms with E-state index in [0.29, 0.717) is 46.5 Å². The second-order valence-corrected chi connectivity index (χ2v) is 7.74. The standard InChI is InChI=1S/C23H21F3N8/c1-2-3-9-27-23-32-21(28-11-17-30-16-8-7-15(25)18(26)19(16)31-17)20-22(33-23)34(12-29-20)14-6-4-5-13(24)10-14/h4-8,10,12H,2-3,9,11H2,1H3,(H,30,31)(H2,27,28,32,33). The Balaban J connectivity index is 1.50. The van der Waals surface area contributed by atoms with Gasteiger partial charge in [-0.1, -0.05) is 19.4 Å². The van der Waals surface area contributed by atoms with Gasteiger partial charge in [0.1, 0.15) is 23.5 Å². The van der Waals surface area contributed by atoms with Crippen LogP contribution in [-0.2, 0) is 6.54 Å². The smallest absolute Gasteiger partial charge is 0.226 e. The lowest BCUT2D eigenvalue weighted by Gasteiger charge is -2.10. The van der Waals surface area contributed by atoms with E-state index in [1.807, 2.05) is 0 Å². The van der Waals surface area contributed by atoms with Gasteiger partial charge in [-0.15, -0.1) is 0 Å². The van der Waals surface area contributed by atoms with Gasteiger partial charge in [-0.3, -0.25) is 4.57 Å². The minimum absolute atomic E-state index is 0.0677. The van der Waals surface area contributed by atoms with Crippen molar-refractivity contribution < 1.29 is 13.2 Å². The van der Waals surface area contributed by atoms with Crippen LogP contribution in [0.3, 0.4) is 0 Å². The zero-order chi connectivity index (χ0) is 23.7. The van der Waals surface area contributed by atoms with E-state index in [1.54, 1.807) is 23.0 Å². The van der Waals surface area contributed by atoms with Gasteiger partial charge in [-0.25, -0.2) is 23.1 Å². The Morgan fingerprint density at radius 2 is 1.88 bits per heavy atom. The Morgan fingerprint density at radius 1 is 1.00 bits per heavy atom. The van der Waals surface area contributed by atoms with Crippen molar-refractivity contribution >= 4 is 34.0 Å². The zero-order valence-electron chi connectivity index (χ0n) is 18.2. The number of nitrogens with one attached hydrogen (secondary N) is 3. The van der Waals surface area contributed by atoms with Crippen molar-refractivity contribution in [1.29, 1.82) is 0 Å². The van der Waals surface area contributed by atoms with Crippen molar-refractivity contribution in [3.05, 3.63) is 66.0 Å². The molecule has 0 radical (unpaired) electrons. The highest BCUT2D eigenvalue weighted by Crippen LogP contribution is 2.25. The third-order valence-electron chi connectivity index (χ3n) is 5.31. The molecule has 0 atom stereocenters. The molecule has 5 aromatic rings. The quantitative estimate of drug-likeness (QED) is 0.281. The lowest BCUT2D eigenvalue weighted by Crippen LogP contribution is -2.10. The van der Waals surface area contributed by atoms with Gasteiger partial charge in [0, 0.05) is 6.54 Å². The number of hydrogen-bond donors (Lipinski definition) is 3. The van der Waals surface area contributed by atoms with Gasteiger partial charge >= 0.3 is 0 Å². The number of anilines is 2. The first kappa shape index (κ1) is 21.7. The Hall–Kier alpha value is -4.15. The highest BCUT2D eigenvalue weighted by Gasteiger charge is 2.16. The molecular formula is C23H21F3N8. The molecule has 2 aromatic carbocycles. The van der Waals surface area contributed by atoms with Gasteiger partial charge in [0.15, 0.2) is 28.6 Å². The van der Waals surface area contributed by atoms with Gasteiger partial charge in [0.05, 0.1) is 17.7 Å². The third kappa shape index (κ3) is 4.12. The molecule has 3 N–H and O–H groups in total. The van der Waals surface area contributed by atoms with Crippen LogP contribution in [-0.4, -0.2) is 36.0 Å². The monoisotopic (exact) mass is 466 g/mol. The largest absolute Gasteiger partial charge is 0.361 e. The van der Waals surface area contributed by atoms with Gasteiger partial charge < -0.3 is 15.6 Å². The van der Waals surface area contributed by atoms with Crippen molar-refractivity contribution in [2.45, 2.75) is 26.3 Å². The molecule has 0 saturated heterocycles. The van der Waals surface area contributed by atoms with Crippen LogP contribution in [0.1, 0.15) is 25.6 Å². The van der Waals surface area contributed by atoms with Gasteiger partial charge in [0.2, 0.25) is 5.95 Å². The summed E-state index contributed by atoms with van der Waals surface area (Å²) in [7, 11) is 0. The Morgan fingerprint density at radius 3 is 2.71 bits per heavy atom. The fourth-order valence-electron chi connectivity index (χ4n) is 3.61. The summed E-state index contributed by atoms with van der Waals surface area (Å²) in [6.45, 7) is 2.92. The van der Waals surface area contributed by atoms with Crippen LogP contribution >= 0.6 is 0 Å². The van der Waals surface area contributed by atoms with E-state index in [9.17, 15) is 13.2 Å². The fourth-order valence-corrected chi connectivity index (χ4v) is 3.61. The van der Waals surface area contributed by atoms with Crippen LogP contribution in [0.2, 0.25) is 0 Å². The Labute approximate surface area is 192 Å². The summed E-state index contributed by atoms with van der Waals surface area (Å²) in [6.07, 6.45) is 3.49. The van der Waals surface area contributed by atoms with Crippen molar-refractivity contribution in [3.63, 3.8) is 0 Å². The molecule has 3 heterocycles. The topological polar surface area (TPSA) is 96.3 Å². The molecule has 0 aliphatic rings. The van der Waals surface area contributed by atoms with E-state index in [0.717, 1.165) is 18.9 Å². The first-order valence-corrected chi connectivity index (χ1v) is 10.8. The number of hydrogen-bond acceptors (Lipinski definition) is 6. The van der Waals surface area contributed by atoms with Crippen molar-refractivity contribution in [1.82, 2.24) is 29.5 Å².